The van der Waals surface area contributed by atoms with Crippen LogP contribution in [0.2, 0.25) is 0 Å². The molecule has 0 saturated carbocycles. The lowest BCUT2D eigenvalue weighted by Crippen LogP contribution is -2.29. The van der Waals surface area contributed by atoms with Crippen molar-refractivity contribution in [3.8, 4) is 0 Å². The van der Waals surface area contributed by atoms with Crippen molar-refractivity contribution < 1.29 is 13.2 Å². The number of thiophene rings is 1. The minimum atomic E-state index is -4.41. The maximum absolute atomic E-state index is 12.9. The molecule has 2 aromatic rings. The summed E-state index contributed by atoms with van der Waals surface area (Å²) in [6, 6.07) is 6.17. The molecule has 0 radical (unpaired) electrons. The quantitative estimate of drug-likeness (QED) is 0.809. The Morgan fingerprint density at radius 1 is 1.20 bits per heavy atom. The molecule has 6 heteroatoms. The largest absolute Gasteiger partial charge is 0.418 e. The van der Waals surface area contributed by atoms with Crippen LogP contribution in [-0.2, 0) is 19.1 Å². The maximum atomic E-state index is 12.9. The van der Waals surface area contributed by atoms with Gasteiger partial charge in [0.25, 0.3) is 0 Å². The lowest BCUT2D eigenvalue weighted by Gasteiger charge is -2.29. The van der Waals surface area contributed by atoms with Gasteiger partial charge in [0.15, 0.2) is 0 Å². The Bertz CT molecular complexity index is 634. The topological polar surface area (TPSA) is 29.3 Å². The highest BCUT2D eigenvalue weighted by atomic mass is 32.1. The first-order valence-corrected chi connectivity index (χ1v) is 7.10. The number of halogens is 3. The first kappa shape index (κ1) is 13.3. The van der Waals surface area contributed by atoms with Gasteiger partial charge in [0.1, 0.15) is 0 Å². The lowest BCUT2D eigenvalue weighted by atomic mass is 10.1. The van der Waals surface area contributed by atoms with Crippen LogP contribution in [0.1, 0.15) is 16.0 Å². The number of alkyl halides is 3. The monoisotopic (exact) mass is 298 g/mol. The SMILES string of the molecule is Nc1ccc(N2CCc3sccc3C2)cc1C(F)(F)F. The molecular weight excluding hydrogens is 285 g/mol. The maximum Gasteiger partial charge on any atom is 0.418 e. The summed E-state index contributed by atoms with van der Waals surface area (Å²) in [4.78, 5) is 3.29. The molecular formula is C14H13F3N2S. The first-order chi connectivity index (χ1) is 9.45. The van der Waals surface area contributed by atoms with Crippen molar-refractivity contribution >= 4 is 22.7 Å². The van der Waals surface area contributed by atoms with Crippen molar-refractivity contribution in [3.63, 3.8) is 0 Å². The molecule has 2 nitrogen and oxygen atoms in total. The molecule has 0 saturated heterocycles. The fourth-order valence-corrected chi connectivity index (χ4v) is 3.34. The highest BCUT2D eigenvalue weighted by molar-refractivity contribution is 7.10. The molecule has 2 N–H and O–H groups in total. The van der Waals surface area contributed by atoms with Crippen molar-refractivity contribution in [2.24, 2.45) is 0 Å². The number of nitrogens with two attached hydrogens (primary N) is 1. The van der Waals surface area contributed by atoms with Crippen molar-refractivity contribution in [1.29, 1.82) is 0 Å². The number of nitrogen functional groups attached to an aromatic ring is 1. The van der Waals surface area contributed by atoms with Crippen LogP contribution >= 0.6 is 11.3 Å². The zero-order chi connectivity index (χ0) is 14.3. The average Bonchev–Trinajstić information content (AvgIpc) is 2.85. The molecule has 0 unspecified atom stereocenters. The molecule has 3 rings (SSSR count). The van der Waals surface area contributed by atoms with E-state index in [-0.39, 0.29) is 5.69 Å². The fourth-order valence-electron chi connectivity index (χ4n) is 2.46. The molecule has 1 aromatic heterocycles. The van der Waals surface area contributed by atoms with E-state index >= 15 is 0 Å². The van der Waals surface area contributed by atoms with Crippen molar-refractivity contribution in [1.82, 2.24) is 0 Å². The van der Waals surface area contributed by atoms with Gasteiger partial charge < -0.3 is 10.6 Å². The van der Waals surface area contributed by atoms with Crippen LogP contribution in [-0.4, -0.2) is 6.54 Å². The Morgan fingerprint density at radius 3 is 2.75 bits per heavy atom. The van der Waals surface area contributed by atoms with E-state index in [9.17, 15) is 13.2 Å². The van der Waals surface area contributed by atoms with Crippen LogP contribution in [0.3, 0.4) is 0 Å². The van der Waals surface area contributed by atoms with Gasteiger partial charge >= 0.3 is 6.18 Å². The van der Waals surface area contributed by atoms with Crippen LogP contribution in [0.4, 0.5) is 24.5 Å². The highest BCUT2D eigenvalue weighted by Gasteiger charge is 2.33. The summed E-state index contributed by atoms with van der Waals surface area (Å²) in [6.07, 6.45) is -3.54. The van der Waals surface area contributed by atoms with Crippen molar-refractivity contribution in [2.45, 2.75) is 19.1 Å². The fraction of sp³-hybridized carbons (Fsp3) is 0.286. The Hall–Kier alpha value is -1.69. The van der Waals surface area contributed by atoms with Gasteiger partial charge in [-0.15, -0.1) is 11.3 Å². The van der Waals surface area contributed by atoms with Crippen LogP contribution in [0.25, 0.3) is 0 Å². The third-order valence-electron chi connectivity index (χ3n) is 3.52. The minimum Gasteiger partial charge on any atom is -0.398 e. The highest BCUT2D eigenvalue weighted by Crippen LogP contribution is 2.37. The van der Waals surface area contributed by atoms with Crippen molar-refractivity contribution in [3.05, 3.63) is 45.6 Å². The van der Waals surface area contributed by atoms with Gasteiger partial charge in [0.2, 0.25) is 0 Å². The van der Waals surface area contributed by atoms with Gasteiger partial charge in [-0.05, 0) is 41.6 Å². The number of nitrogens with zero attached hydrogens (tertiary/aromatic N) is 1. The lowest BCUT2D eigenvalue weighted by molar-refractivity contribution is -0.136. The molecule has 1 aromatic carbocycles. The second-order valence-corrected chi connectivity index (χ2v) is 5.81. The molecule has 0 spiro atoms. The predicted octanol–water partition coefficient (Wildman–Crippen LogP) is 3.91. The van der Waals surface area contributed by atoms with Gasteiger partial charge in [-0.25, -0.2) is 0 Å². The number of hydrogen-bond acceptors (Lipinski definition) is 3. The minimum absolute atomic E-state index is 0.227. The Labute approximate surface area is 118 Å². The molecule has 0 aliphatic carbocycles. The number of hydrogen-bond donors (Lipinski definition) is 1. The smallest absolute Gasteiger partial charge is 0.398 e. The zero-order valence-electron chi connectivity index (χ0n) is 10.6. The number of fused-ring (bicyclic) bond motifs is 1. The van der Waals surface area contributed by atoms with E-state index in [0.29, 0.717) is 12.2 Å². The van der Waals surface area contributed by atoms with Crippen molar-refractivity contribution in [2.75, 3.05) is 17.2 Å². The van der Waals surface area contributed by atoms with Crippen LogP contribution in [0, 0.1) is 0 Å². The molecule has 1 aliphatic rings. The third kappa shape index (κ3) is 2.35. The standard InChI is InChI=1S/C14H13F3N2S/c15-14(16,17)11-7-10(1-2-12(11)18)19-5-3-13-9(8-19)4-6-20-13/h1-2,4,6-7H,3,5,8,18H2. The summed E-state index contributed by atoms with van der Waals surface area (Å²) in [5.74, 6) is 0. The number of anilines is 2. The van der Waals surface area contributed by atoms with Gasteiger partial charge in [0, 0.05) is 29.3 Å². The normalized spacial score (nSPS) is 15.2. The van der Waals surface area contributed by atoms with E-state index in [1.54, 1.807) is 17.4 Å². The van der Waals surface area contributed by atoms with Crippen LogP contribution < -0.4 is 10.6 Å². The molecule has 1 aliphatic heterocycles. The summed E-state index contributed by atoms with van der Waals surface area (Å²) in [7, 11) is 0. The predicted molar refractivity (Wildman–Crippen MR) is 74.9 cm³/mol. The Balaban J connectivity index is 1.92. The van der Waals surface area contributed by atoms with Gasteiger partial charge in [-0.1, -0.05) is 0 Å². The molecule has 0 bridgehead atoms. The van der Waals surface area contributed by atoms with E-state index in [1.807, 2.05) is 16.3 Å². The summed E-state index contributed by atoms with van der Waals surface area (Å²) in [6.45, 7) is 1.38. The summed E-state index contributed by atoms with van der Waals surface area (Å²) in [5, 5.41) is 2.03. The van der Waals surface area contributed by atoms with Crippen LogP contribution in [0.15, 0.2) is 29.6 Å². The molecule has 20 heavy (non-hydrogen) atoms. The second-order valence-electron chi connectivity index (χ2n) is 4.81. The first-order valence-electron chi connectivity index (χ1n) is 6.22. The molecule has 2 heterocycles. The molecule has 0 amide bonds. The van der Waals surface area contributed by atoms with Gasteiger partial charge in [-0.3, -0.25) is 0 Å². The summed E-state index contributed by atoms with van der Waals surface area (Å²) >= 11 is 1.71. The average molecular weight is 298 g/mol. The van der Waals surface area contributed by atoms with Gasteiger partial charge in [-0.2, -0.15) is 13.2 Å². The third-order valence-corrected chi connectivity index (χ3v) is 4.54. The van der Waals surface area contributed by atoms with Crippen LogP contribution in [0.5, 0.6) is 0 Å². The molecule has 106 valence electrons. The number of rotatable bonds is 1. The summed E-state index contributed by atoms with van der Waals surface area (Å²) < 4.78 is 38.7. The zero-order valence-corrected chi connectivity index (χ0v) is 11.4. The second kappa shape index (κ2) is 4.70. The Morgan fingerprint density at radius 2 is 2.00 bits per heavy atom. The van der Waals surface area contributed by atoms with E-state index < -0.39 is 11.7 Å². The number of benzene rings is 1. The Kier molecular flexibility index (Phi) is 3.12. The van der Waals surface area contributed by atoms with E-state index in [4.69, 9.17) is 5.73 Å². The van der Waals surface area contributed by atoms with E-state index in [2.05, 4.69) is 0 Å². The van der Waals surface area contributed by atoms with Gasteiger partial charge in [0.05, 0.1) is 5.56 Å². The molecule has 0 fully saturated rings. The molecule has 0 atom stereocenters. The summed E-state index contributed by atoms with van der Waals surface area (Å²) in [5.41, 5.74) is 6.22. The van der Waals surface area contributed by atoms with E-state index in [1.165, 1.54) is 16.5 Å². The van der Waals surface area contributed by atoms with E-state index in [0.717, 1.165) is 19.0 Å².